The molecule has 2 N–H and O–H groups in total. The van der Waals surface area contributed by atoms with Gasteiger partial charge in [0.15, 0.2) is 4.96 Å². The van der Waals surface area contributed by atoms with Gasteiger partial charge in [-0.1, -0.05) is 6.07 Å². The van der Waals surface area contributed by atoms with E-state index < -0.39 is 11.5 Å². The molecule has 4 rings (SSSR count). The van der Waals surface area contributed by atoms with Gasteiger partial charge in [0.05, 0.1) is 17.8 Å². The molecule has 1 aliphatic rings. The number of hydrogen-bond acceptors (Lipinski definition) is 6. The molecule has 1 fully saturated rings. The number of carbonyl (C=O) groups is 1. The van der Waals surface area contributed by atoms with Gasteiger partial charge < -0.3 is 10.4 Å². The van der Waals surface area contributed by atoms with E-state index >= 15 is 0 Å². The lowest BCUT2D eigenvalue weighted by Crippen LogP contribution is -2.43. The number of pyridine rings is 1. The van der Waals surface area contributed by atoms with Gasteiger partial charge in [-0.2, -0.15) is 0 Å². The fourth-order valence-electron chi connectivity index (χ4n) is 3.09. The third-order valence-electron chi connectivity index (χ3n) is 4.50. The zero-order valence-corrected chi connectivity index (χ0v) is 14.0. The molecule has 7 nitrogen and oxygen atoms in total. The molecule has 1 atom stereocenters. The van der Waals surface area contributed by atoms with E-state index in [-0.39, 0.29) is 23.6 Å². The number of nitrogens with zero attached hydrogens (tertiary/aromatic N) is 3. The van der Waals surface area contributed by atoms with Gasteiger partial charge in [-0.05, 0) is 30.9 Å². The number of aromatic nitrogens is 3. The van der Waals surface area contributed by atoms with Gasteiger partial charge in [0.1, 0.15) is 5.56 Å². The van der Waals surface area contributed by atoms with E-state index in [0.29, 0.717) is 17.8 Å². The molecule has 3 heterocycles. The average molecular weight is 356 g/mol. The van der Waals surface area contributed by atoms with Crippen LogP contribution in [0.15, 0.2) is 47.0 Å². The summed E-state index contributed by atoms with van der Waals surface area (Å²) in [4.78, 5) is 34.2. The molecule has 0 aliphatic heterocycles. The standard InChI is InChI=1S/C17H16N4O3S/c22-11-7-10(8-11)14(13-3-1-2-4-18-13)20-15(23)12-9-19-17-21(16(12)24)5-6-25-17/h1-6,9-11,14,22H,7-8H2,(H,20,23)/t10?,11?,14-/m1/s1. The van der Waals surface area contributed by atoms with Gasteiger partial charge in [0.2, 0.25) is 0 Å². The molecule has 0 spiro atoms. The highest BCUT2D eigenvalue weighted by molar-refractivity contribution is 7.15. The summed E-state index contributed by atoms with van der Waals surface area (Å²) >= 11 is 1.33. The predicted molar refractivity (Wildman–Crippen MR) is 92.5 cm³/mol. The summed E-state index contributed by atoms with van der Waals surface area (Å²) in [6.07, 6.45) is 5.43. The lowest BCUT2D eigenvalue weighted by atomic mass is 9.76. The Labute approximate surface area is 147 Å². The second-order valence-corrected chi connectivity index (χ2v) is 7.00. The number of aliphatic hydroxyl groups excluding tert-OH is 1. The van der Waals surface area contributed by atoms with Crippen LogP contribution in [-0.4, -0.2) is 31.5 Å². The van der Waals surface area contributed by atoms with Crippen LogP contribution in [0.1, 0.15) is 34.9 Å². The minimum absolute atomic E-state index is 0.00305. The average Bonchev–Trinajstić information content (AvgIpc) is 3.08. The van der Waals surface area contributed by atoms with Crippen LogP contribution in [0.5, 0.6) is 0 Å². The molecule has 8 heteroatoms. The predicted octanol–water partition coefficient (Wildman–Crippen LogP) is 1.39. The molecule has 0 unspecified atom stereocenters. The van der Waals surface area contributed by atoms with Gasteiger partial charge >= 0.3 is 0 Å². The number of amides is 1. The SMILES string of the molecule is O=C(N[C@@H](c1ccccn1)C1CC(O)C1)c1cnc2sccn2c1=O. The smallest absolute Gasteiger partial charge is 0.271 e. The second kappa shape index (κ2) is 6.38. The second-order valence-electron chi connectivity index (χ2n) is 6.12. The molecule has 128 valence electrons. The summed E-state index contributed by atoms with van der Waals surface area (Å²) in [5.74, 6) is -0.385. The minimum atomic E-state index is -0.477. The van der Waals surface area contributed by atoms with Gasteiger partial charge in [-0.3, -0.25) is 19.0 Å². The van der Waals surface area contributed by atoms with Crippen molar-refractivity contribution in [3.63, 3.8) is 0 Å². The summed E-state index contributed by atoms with van der Waals surface area (Å²) in [5.41, 5.74) is 0.325. The highest BCUT2D eigenvalue weighted by Gasteiger charge is 2.36. The van der Waals surface area contributed by atoms with E-state index in [1.807, 2.05) is 12.1 Å². The topological polar surface area (TPSA) is 96.6 Å². The minimum Gasteiger partial charge on any atom is -0.393 e. The first kappa shape index (κ1) is 15.9. The van der Waals surface area contributed by atoms with E-state index in [4.69, 9.17) is 0 Å². The first-order chi connectivity index (χ1) is 12.1. The Morgan fingerprint density at radius 1 is 1.36 bits per heavy atom. The zero-order chi connectivity index (χ0) is 17.4. The molecule has 0 bridgehead atoms. The summed E-state index contributed by atoms with van der Waals surface area (Å²) in [5, 5.41) is 14.3. The van der Waals surface area contributed by atoms with Crippen molar-refractivity contribution in [3.05, 3.63) is 63.8 Å². The van der Waals surface area contributed by atoms with Crippen LogP contribution in [0.2, 0.25) is 0 Å². The quantitative estimate of drug-likeness (QED) is 0.736. The van der Waals surface area contributed by atoms with Crippen molar-refractivity contribution in [1.29, 1.82) is 0 Å². The van der Waals surface area contributed by atoms with Gasteiger partial charge in [-0.15, -0.1) is 11.3 Å². The van der Waals surface area contributed by atoms with Crippen LogP contribution < -0.4 is 10.9 Å². The number of fused-ring (bicyclic) bond motifs is 1. The summed E-state index contributed by atoms with van der Waals surface area (Å²) in [6, 6.07) is 5.14. The van der Waals surface area contributed by atoms with E-state index in [1.54, 1.807) is 23.8 Å². The molecule has 0 saturated heterocycles. The molecule has 0 aromatic carbocycles. The van der Waals surface area contributed by atoms with E-state index in [1.165, 1.54) is 21.9 Å². The first-order valence-electron chi connectivity index (χ1n) is 7.98. The zero-order valence-electron chi connectivity index (χ0n) is 13.2. The Balaban J connectivity index is 1.63. The Bertz CT molecular complexity index is 963. The monoisotopic (exact) mass is 356 g/mol. The summed E-state index contributed by atoms with van der Waals surface area (Å²) in [7, 11) is 0. The lowest BCUT2D eigenvalue weighted by Gasteiger charge is -2.37. The normalized spacial score (nSPS) is 20.8. The highest BCUT2D eigenvalue weighted by atomic mass is 32.1. The molecule has 25 heavy (non-hydrogen) atoms. The highest BCUT2D eigenvalue weighted by Crippen LogP contribution is 2.37. The van der Waals surface area contributed by atoms with Crippen LogP contribution in [0.25, 0.3) is 4.96 Å². The molecule has 1 amide bonds. The van der Waals surface area contributed by atoms with Crippen LogP contribution >= 0.6 is 11.3 Å². The first-order valence-corrected chi connectivity index (χ1v) is 8.86. The van der Waals surface area contributed by atoms with Crippen molar-refractivity contribution in [2.45, 2.75) is 25.0 Å². The molecule has 3 aromatic rings. The van der Waals surface area contributed by atoms with Crippen molar-refractivity contribution in [3.8, 4) is 0 Å². The number of rotatable bonds is 4. The van der Waals surface area contributed by atoms with Crippen LogP contribution in [0.3, 0.4) is 0 Å². The third-order valence-corrected chi connectivity index (χ3v) is 5.27. The maximum atomic E-state index is 12.7. The van der Waals surface area contributed by atoms with Gasteiger partial charge in [0, 0.05) is 24.0 Å². The van der Waals surface area contributed by atoms with E-state index in [0.717, 1.165) is 5.69 Å². The molecule has 0 radical (unpaired) electrons. The van der Waals surface area contributed by atoms with Crippen molar-refractivity contribution in [2.75, 3.05) is 0 Å². The number of nitrogens with one attached hydrogen (secondary N) is 1. The molecule has 1 saturated carbocycles. The fraction of sp³-hybridized carbons (Fsp3) is 0.294. The number of thiazole rings is 1. The Morgan fingerprint density at radius 3 is 2.92 bits per heavy atom. The molecule has 1 aliphatic carbocycles. The Hall–Kier alpha value is -2.58. The Morgan fingerprint density at radius 2 is 2.20 bits per heavy atom. The van der Waals surface area contributed by atoms with E-state index in [9.17, 15) is 14.7 Å². The maximum absolute atomic E-state index is 12.7. The van der Waals surface area contributed by atoms with Crippen molar-refractivity contribution in [1.82, 2.24) is 19.7 Å². The summed E-state index contributed by atoms with van der Waals surface area (Å²) < 4.78 is 1.36. The maximum Gasteiger partial charge on any atom is 0.271 e. The molecule has 3 aromatic heterocycles. The fourth-order valence-corrected chi connectivity index (χ4v) is 3.77. The van der Waals surface area contributed by atoms with Gasteiger partial charge in [0.25, 0.3) is 11.5 Å². The molecular weight excluding hydrogens is 340 g/mol. The number of hydrogen-bond donors (Lipinski definition) is 2. The Kier molecular flexibility index (Phi) is 4.06. The van der Waals surface area contributed by atoms with Crippen LogP contribution in [0, 0.1) is 5.92 Å². The van der Waals surface area contributed by atoms with Crippen molar-refractivity contribution < 1.29 is 9.90 Å². The van der Waals surface area contributed by atoms with Gasteiger partial charge in [-0.25, -0.2) is 4.98 Å². The van der Waals surface area contributed by atoms with Crippen molar-refractivity contribution >= 4 is 22.2 Å². The van der Waals surface area contributed by atoms with Crippen LogP contribution in [0.4, 0.5) is 0 Å². The van der Waals surface area contributed by atoms with Crippen LogP contribution in [-0.2, 0) is 0 Å². The van der Waals surface area contributed by atoms with E-state index in [2.05, 4.69) is 15.3 Å². The number of carbonyl (C=O) groups excluding carboxylic acids is 1. The summed E-state index contributed by atoms with van der Waals surface area (Å²) in [6.45, 7) is 0. The molecular formula is C17H16N4O3S. The third kappa shape index (κ3) is 2.94. The number of aliphatic hydroxyl groups is 1. The largest absolute Gasteiger partial charge is 0.393 e. The lowest BCUT2D eigenvalue weighted by molar-refractivity contribution is 0.0228. The van der Waals surface area contributed by atoms with Crippen molar-refractivity contribution in [2.24, 2.45) is 5.92 Å².